The second-order valence-electron chi connectivity index (χ2n) is 6.20. The maximum absolute atomic E-state index is 14.6. The zero-order valence-corrected chi connectivity index (χ0v) is 16.1. The quantitative estimate of drug-likeness (QED) is 0.522. The molecule has 4 aromatic rings. The van der Waals surface area contributed by atoms with Crippen LogP contribution in [0.1, 0.15) is 0 Å². The van der Waals surface area contributed by atoms with Crippen molar-refractivity contribution in [1.82, 2.24) is 14.8 Å². The molecule has 0 aliphatic rings. The van der Waals surface area contributed by atoms with E-state index in [2.05, 4.69) is 21.5 Å². The van der Waals surface area contributed by atoms with Crippen molar-refractivity contribution < 1.29 is 18.6 Å². The van der Waals surface area contributed by atoms with Gasteiger partial charge in [-0.15, -0.1) is 0 Å². The topological polar surface area (TPSA) is 70.4 Å². The number of aryl methyl sites for hydroxylation is 1. The van der Waals surface area contributed by atoms with E-state index in [0.29, 0.717) is 39.7 Å². The van der Waals surface area contributed by atoms with Crippen LogP contribution in [0.25, 0.3) is 10.9 Å². The van der Waals surface area contributed by atoms with Gasteiger partial charge in [-0.3, -0.25) is 9.67 Å². The fraction of sp³-hybridized carbons (Fsp3) is 0.143. The van der Waals surface area contributed by atoms with Crippen LogP contribution in [0.4, 0.5) is 15.9 Å². The zero-order valence-electron chi connectivity index (χ0n) is 16.1. The largest absolute Gasteiger partial charge is 0.493 e. The molecule has 0 fully saturated rings. The van der Waals surface area contributed by atoms with Crippen LogP contribution in [0.2, 0.25) is 0 Å². The number of methoxy groups -OCH3 is 2. The Kier molecular flexibility index (Phi) is 4.90. The molecule has 0 atom stereocenters. The summed E-state index contributed by atoms with van der Waals surface area (Å²) in [6.07, 6.45) is 3.27. The Labute approximate surface area is 166 Å². The highest BCUT2D eigenvalue weighted by Crippen LogP contribution is 2.37. The molecule has 0 saturated carbocycles. The summed E-state index contributed by atoms with van der Waals surface area (Å²) in [6.45, 7) is 0. The monoisotopic (exact) mass is 393 g/mol. The summed E-state index contributed by atoms with van der Waals surface area (Å²) in [5, 5.41) is 7.82. The first kappa shape index (κ1) is 18.5. The molecule has 0 spiro atoms. The second kappa shape index (κ2) is 7.67. The lowest BCUT2D eigenvalue weighted by atomic mass is 10.2. The maximum Gasteiger partial charge on any atom is 0.167 e. The lowest BCUT2D eigenvalue weighted by Crippen LogP contribution is -1.96. The van der Waals surface area contributed by atoms with E-state index in [1.807, 2.05) is 0 Å². The van der Waals surface area contributed by atoms with E-state index in [4.69, 9.17) is 14.2 Å². The molecule has 2 aromatic carbocycles. The molecular weight excluding hydrogens is 375 g/mol. The number of hydrogen-bond acceptors (Lipinski definition) is 6. The van der Waals surface area contributed by atoms with Crippen molar-refractivity contribution >= 4 is 22.4 Å². The minimum atomic E-state index is -0.517. The van der Waals surface area contributed by atoms with Crippen LogP contribution in [0, 0.1) is 11.9 Å². The SMILES string of the molecule is COc1cc2nccc(Oc3ccc(Nc4[c]cn(C)n4)cc3F)c2cc1OC. The Balaban J connectivity index is 1.64. The van der Waals surface area contributed by atoms with Crippen LogP contribution in [0.15, 0.2) is 48.8 Å². The molecule has 0 aliphatic carbocycles. The fourth-order valence-electron chi connectivity index (χ4n) is 2.88. The van der Waals surface area contributed by atoms with Crippen molar-refractivity contribution in [3.63, 3.8) is 0 Å². The molecule has 7 nitrogen and oxygen atoms in total. The minimum Gasteiger partial charge on any atom is -0.493 e. The number of aromatic nitrogens is 3. The van der Waals surface area contributed by atoms with E-state index < -0.39 is 5.82 Å². The predicted octanol–water partition coefficient (Wildman–Crippen LogP) is 4.46. The molecule has 0 aliphatic heterocycles. The van der Waals surface area contributed by atoms with Crippen molar-refractivity contribution in [2.45, 2.75) is 0 Å². The minimum absolute atomic E-state index is 0.0860. The number of ether oxygens (including phenoxy) is 3. The van der Waals surface area contributed by atoms with Crippen LogP contribution < -0.4 is 19.5 Å². The first-order chi connectivity index (χ1) is 14.1. The summed E-state index contributed by atoms with van der Waals surface area (Å²) in [5.41, 5.74) is 1.18. The highest BCUT2D eigenvalue weighted by molar-refractivity contribution is 5.88. The Morgan fingerprint density at radius 1 is 1.00 bits per heavy atom. The van der Waals surface area contributed by atoms with Crippen molar-refractivity contribution in [3.8, 4) is 23.0 Å². The molecule has 0 unspecified atom stereocenters. The lowest BCUT2D eigenvalue weighted by Gasteiger charge is -2.13. The third kappa shape index (κ3) is 3.77. The normalized spacial score (nSPS) is 10.8. The van der Waals surface area contributed by atoms with Crippen molar-refractivity contribution in [2.24, 2.45) is 7.05 Å². The van der Waals surface area contributed by atoms with Gasteiger partial charge in [0.1, 0.15) is 5.75 Å². The molecule has 29 heavy (non-hydrogen) atoms. The van der Waals surface area contributed by atoms with Gasteiger partial charge >= 0.3 is 0 Å². The zero-order chi connectivity index (χ0) is 20.4. The smallest absolute Gasteiger partial charge is 0.167 e. The predicted molar refractivity (Wildman–Crippen MR) is 107 cm³/mol. The molecule has 8 heteroatoms. The summed E-state index contributed by atoms with van der Waals surface area (Å²) < 4.78 is 32.7. The van der Waals surface area contributed by atoms with Gasteiger partial charge < -0.3 is 19.5 Å². The average Bonchev–Trinajstić information content (AvgIpc) is 3.13. The van der Waals surface area contributed by atoms with Gasteiger partial charge in [-0.05, 0) is 24.3 Å². The van der Waals surface area contributed by atoms with Gasteiger partial charge in [0.2, 0.25) is 0 Å². The molecule has 4 rings (SSSR count). The number of pyridine rings is 1. The highest BCUT2D eigenvalue weighted by Gasteiger charge is 2.13. The van der Waals surface area contributed by atoms with Gasteiger partial charge in [0.15, 0.2) is 28.9 Å². The summed E-state index contributed by atoms with van der Waals surface area (Å²) in [6, 6.07) is 12.7. The number of anilines is 2. The molecule has 0 saturated heterocycles. The maximum atomic E-state index is 14.6. The Bertz CT molecular complexity index is 1180. The first-order valence-electron chi connectivity index (χ1n) is 8.74. The molecule has 0 amide bonds. The highest BCUT2D eigenvalue weighted by atomic mass is 19.1. The van der Waals surface area contributed by atoms with E-state index in [0.717, 1.165) is 0 Å². The van der Waals surface area contributed by atoms with Gasteiger partial charge in [0.25, 0.3) is 0 Å². The van der Waals surface area contributed by atoms with Gasteiger partial charge in [-0.2, -0.15) is 5.10 Å². The molecule has 2 heterocycles. The van der Waals surface area contributed by atoms with Crippen molar-refractivity contribution in [3.05, 3.63) is 60.7 Å². The Hall–Kier alpha value is -3.81. The van der Waals surface area contributed by atoms with Crippen LogP contribution in [0.5, 0.6) is 23.0 Å². The van der Waals surface area contributed by atoms with Crippen molar-refractivity contribution in [2.75, 3.05) is 19.5 Å². The number of nitrogens with one attached hydrogen (secondary N) is 1. The summed E-state index contributed by atoms with van der Waals surface area (Å²) in [7, 11) is 4.88. The average molecular weight is 393 g/mol. The fourth-order valence-corrected chi connectivity index (χ4v) is 2.88. The van der Waals surface area contributed by atoms with E-state index >= 15 is 0 Å². The lowest BCUT2D eigenvalue weighted by molar-refractivity contribution is 0.355. The molecule has 0 bridgehead atoms. The molecule has 2 aromatic heterocycles. The third-order valence-corrected chi connectivity index (χ3v) is 4.27. The molecule has 1 radical (unpaired) electrons. The summed E-state index contributed by atoms with van der Waals surface area (Å²) >= 11 is 0. The van der Waals surface area contributed by atoms with Crippen LogP contribution in [0.3, 0.4) is 0 Å². The number of fused-ring (bicyclic) bond motifs is 1. The van der Waals surface area contributed by atoms with Crippen LogP contribution >= 0.6 is 0 Å². The summed E-state index contributed by atoms with van der Waals surface area (Å²) in [5.74, 6) is 1.61. The number of benzene rings is 2. The molecule has 1 N–H and O–H groups in total. The van der Waals surface area contributed by atoms with E-state index in [1.165, 1.54) is 6.07 Å². The van der Waals surface area contributed by atoms with Gasteiger partial charge in [-0.1, -0.05) is 0 Å². The summed E-state index contributed by atoms with van der Waals surface area (Å²) in [4.78, 5) is 4.32. The number of halogens is 1. The Morgan fingerprint density at radius 3 is 2.48 bits per heavy atom. The van der Waals surface area contributed by atoms with Gasteiger partial charge in [0, 0.05) is 48.7 Å². The van der Waals surface area contributed by atoms with Gasteiger partial charge in [0.05, 0.1) is 19.7 Å². The third-order valence-electron chi connectivity index (χ3n) is 4.27. The first-order valence-corrected chi connectivity index (χ1v) is 8.74. The van der Waals surface area contributed by atoms with Gasteiger partial charge in [-0.25, -0.2) is 4.39 Å². The van der Waals surface area contributed by atoms with Crippen molar-refractivity contribution in [1.29, 1.82) is 0 Å². The number of hydrogen-bond donors (Lipinski definition) is 1. The standard InChI is InChI=1S/C21H18FN4O3/c1-26-9-7-21(25-26)24-13-4-5-18(15(22)10-13)29-17-6-8-23-16-12-20(28-3)19(27-2)11-14(16)17/h4-6,8-12H,1-3H3,(H,24,25). The molecular formula is C21H18FN4O3. The molecule has 147 valence electrons. The van der Waals surface area contributed by atoms with E-state index in [1.54, 1.807) is 68.7 Å². The van der Waals surface area contributed by atoms with E-state index in [-0.39, 0.29) is 5.75 Å². The number of rotatable bonds is 6. The van der Waals surface area contributed by atoms with Crippen LogP contribution in [-0.2, 0) is 7.05 Å². The second-order valence-corrected chi connectivity index (χ2v) is 6.20. The van der Waals surface area contributed by atoms with E-state index in [9.17, 15) is 4.39 Å². The number of nitrogens with zero attached hydrogens (tertiary/aromatic N) is 3. The van der Waals surface area contributed by atoms with Crippen LogP contribution in [-0.4, -0.2) is 29.0 Å². The Morgan fingerprint density at radius 2 is 1.79 bits per heavy atom.